The largest absolute Gasteiger partial charge is 0.493 e. The van der Waals surface area contributed by atoms with Gasteiger partial charge < -0.3 is 14.8 Å². The lowest BCUT2D eigenvalue weighted by atomic mass is 9.79. The molecule has 2 aliphatic rings. The van der Waals surface area contributed by atoms with Gasteiger partial charge in [0, 0.05) is 25.2 Å². The van der Waals surface area contributed by atoms with E-state index in [0.29, 0.717) is 13.0 Å². The van der Waals surface area contributed by atoms with E-state index in [2.05, 4.69) is 10.2 Å². The summed E-state index contributed by atoms with van der Waals surface area (Å²) in [4.78, 5) is 14.9. The molecule has 144 valence electrons. The first-order chi connectivity index (χ1) is 12.7. The Balaban J connectivity index is 1.46. The van der Waals surface area contributed by atoms with Crippen LogP contribution in [-0.4, -0.2) is 55.8 Å². The highest BCUT2D eigenvalue weighted by Crippen LogP contribution is 2.33. The van der Waals surface area contributed by atoms with Crippen molar-refractivity contribution < 1.29 is 14.3 Å². The van der Waals surface area contributed by atoms with Crippen LogP contribution >= 0.6 is 0 Å². The Labute approximate surface area is 157 Å². The smallest absolute Gasteiger partial charge is 0.223 e. The molecule has 2 fully saturated rings. The standard InChI is InChI=1S/C21H32N2O3/c1-18-6-5-7-19(16-18)26-13-8-20(24)22-17-21(9-3-2-4-10-21)23-11-14-25-15-12-23/h5-7,16H,2-4,8-15,17H2,1H3,(H,22,24). The lowest BCUT2D eigenvalue weighted by Gasteiger charge is -2.48. The van der Waals surface area contributed by atoms with Crippen LogP contribution in [0.3, 0.4) is 0 Å². The third-order valence-corrected chi connectivity index (χ3v) is 5.67. The molecule has 0 unspecified atom stereocenters. The number of hydrogen-bond acceptors (Lipinski definition) is 4. The fourth-order valence-electron chi connectivity index (χ4n) is 4.17. The van der Waals surface area contributed by atoms with E-state index in [9.17, 15) is 4.79 Å². The Bertz CT molecular complexity index is 578. The molecule has 1 saturated heterocycles. The lowest BCUT2D eigenvalue weighted by molar-refractivity contribution is -0.122. The molecule has 1 heterocycles. The maximum atomic E-state index is 12.3. The minimum absolute atomic E-state index is 0.0795. The molecular formula is C21H32N2O3. The van der Waals surface area contributed by atoms with E-state index in [4.69, 9.17) is 9.47 Å². The highest BCUT2D eigenvalue weighted by molar-refractivity contribution is 5.76. The molecule has 1 aliphatic carbocycles. The first-order valence-corrected chi connectivity index (χ1v) is 9.97. The molecule has 1 aliphatic heterocycles. The van der Waals surface area contributed by atoms with Crippen LogP contribution in [0.4, 0.5) is 0 Å². The summed E-state index contributed by atoms with van der Waals surface area (Å²) in [5.74, 6) is 0.908. The predicted octanol–water partition coefficient (Wildman–Crippen LogP) is 2.92. The fourth-order valence-corrected chi connectivity index (χ4v) is 4.17. The molecular weight excluding hydrogens is 328 g/mol. The van der Waals surface area contributed by atoms with E-state index in [0.717, 1.165) is 44.2 Å². The van der Waals surface area contributed by atoms with Crippen molar-refractivity contribution in [2.45, 2.75) is 51.0 Å². The number of nitrogens with zero attached hydrogens (tertiary/aromatic N) is 1. The van der Waals surface area contributed by atoms with Crippen molar-refractivity contribution in [2.75, 3.05) is 39.5 Å². The third kappa shape index (κ3) is 5.21. The van der Waals surface area contributed by atoms with Crippen molar-refractivity contribution >= 4 is 5.91 Å². The van der Waals surface area contributed by atoms with Crippen LogP contribution in [0.1, 0.15) is 44.1 Å². The zero-order valence-corrected chi connectivity index (χ0v) is 16.0. The summed E-state index contributed by atoms with van der Waals surface area (Å²) in [7, 11) is 0. The Morgan fingerprint density at radius 2 is 2.00 bits per heavy atom. The van der Waals surface area contributed by atoms with Gasteiger partial charge in [0.15, 0.2) is 0 Å². The molecule has 5 nitrogen and oxygen atoms in total. The van der Waals surface area contributed by atoms with Crippen molar-refractivity contribution in [3.8, 4) is 5.75 Å². The second kappa shape index (κ2) is 9.38. The van der Waals surface area contributed by atoms with Gasteiger partial charge in [0.05, 0.1) is 26.2 Å². The minimum atomic E-state index is 0.0795. The number of carbonyl (C=O) groups excluding carboxylic acids is 1. The molecule has 1 saturated carbocycles. The van der Waals surface area contributed by atoms with Gasteiger partial charge in [-0.2, -0.15) is 0 Å². The van der Waals surface area contributed by atoms with Gasteiger partial charge in [-0.05, 0) is 37.5 Å². The summed E-state index contributed by atoms with van der Waals surface area (Å²) in [5, 5.41) is 3.19. The molecule has 0 bridgehead atoms. The number of morpholine rings is 1. The van der Waals surface area contributed by atoms with Crippen molar-refractivity contribution in [3.63, 3.8) is 0 Å². The summed E-state index contributed by atoms with van der Waals surface area (Å²) < 4.78 is 11.2. The number of ether oxygens (including phenoxy) is 2. The number of rotatable bonds is 7. The minimum Gasteiger partial charge on any atom is -0.493 e. The van der Waals surface area contributed by atoms with E-state index in [1.807, 2.05) is 31.2 Å². The number of carbonyl (C=O) groups is 1. The van der Waals surface area contributed by atoms with Gasteiger partial charge in [0.25, 0.3) is 0 Å². The summed E-state index contributed by atoms with van der Waals surface area (Å²) in [6.45, 7) is 6.77. The van der Waals surface area contributed by atoms with Crippen LogP contribution in [0, 0.1) is 6.92 Å². The molecule has 5 heteroatoms. The van der Waals surface area contributed by atoms with Crippen LogP contribution in [0.2, 0.25) is 0 Å². The van der Waals surface area contributed by atoms with Crippen molar-refractivity contribution in [1.29, 1.82) is 0 Å². The van der Waals surface area contributed by atoms with Crippen molar-refractivity contribution in [2.24, 2.45) is 0 Å². The summed E-state index contributed by atoms with van der Waals surface area (Å²) in [6, 6.07) is 7.93. The Morgan fingerprint density at radius 3 is 2.73 bits per heavy atom. The summed E-state index contributed by atoms with van der Waals surface area (Å²) in [5.41, 5.74) is 1.28. The van der Waals surface area contributed by atoms with Gasteiger partial charge in [-0.25, -0.2) is 0 Å². The van der Waals surface area contributed by atoms with Crippen LogP contribution in [-0.2, 0) is 9.53 Å². The van der Waals surface area contributed by atoms with Gasteiger partial charge >= 0.3 is 0 Å². The average Bonchev–Trinajstić information content (AvgIpc) is 2.68. The van der Waals surface area contributed by atoms with E-state index in [-0.39, 0.29) is 11.4 Å². The van der Waals surface area contributed by atoms with Crippen molar-refractivity contribution in [3.05, 3.63) is 29.8 Å². The van der Waals surface area contributed by atoms with E-state index in [1.54, 1.807) is 0 Å². The molecule has 0 spiro atoms. The average molecular weight is 360 g/mol. The SMILES string of the molecule is Cc1cccc(OCCC(=O)NCC2(N3CCOCC3)CCCCC2)c1. The summed E-state index contributed by atoms with van der Waals surface area (Å²) >= 11 is 0. The van der Waals surface area contributed by atoms with Crippen LogP contribution in [0.5, 0.6) is 5.75 Å². The van der Waals surface area contributed by atoms with E-state index >= 15 is 0 Å². The molecule has 3 rings (SSSR count). The highest BCUT2D eigenvalue weighted by Gasteiger charge is 2.38. The van der Waals surface area contributed by atoms with E-state index < -0.39 is 0 Å². The zero-order valence-electron chi connectivity index (χ0n) is 16.0. The second-order valence-electron chi connectivity index (χ2n) is 7.58. The van der Waals surface area contributed by atoms with Crippen LogP contribution < -0.4 is 10.1 Å². The van der Waals surface area contributed by atoms with Crippen LogP contribution in [0.25, 0.3) is 0 Å². The van der Waals surface area contributed by atoms with Gasteiger partial charge in [-0.3, -0.25) is 9.69 Å². The number of aryl methyl sites for hydroxylation is 1. The van der Waals surface area contributed by atoms with Crippen molar-refractivity contribution in [1.82, 2.24) is 10.2 Å². The van der Waals surface area contributed by atoms with Gasteiger partial charge in [-0.1, -0.05) is 31.4 Å². The first-order valence-electron chi connectivity index (χ1n) is 9.97. The first kappa shape index (κ1) is 19.2. The maximum Gasteiger partial charge on any atom is 0.223 e. The van der Waals surface area contributed by atoms with Gasteiger partial charge in [-0.15, -0.1) is 0 Å². The number of benzene rings is 1. The van der Waals surface area contributed by atoms with E-state index in [1.165, 1.54) is 32.1 Å². The third-order valence-electron chi connectivity index (χ3n) is 5.67. The number of hydrogen-bond donors (Lipinski definition) is 1. The molecule has 1 aromatic carbocycles. The highest BCUT2D eigenvalue weighted by atomic mass is 16.5. The van der Waals surface area contributed by atoms with Gasteiger partial charge in [0.2, 0.25) is 5.91 Å². The number of nitrogens with one attached hydrogen (secondary N) is 1. The van der Waals surface area contributed by atoms with Crippen LogP contribution in [0.15, 0.2) is 24.3 Å². The Kier molecular flexibility index (Phi) is 6.92. The topological polar surface area (TPSA) is 50.8 Å². The predicted molar refractivity (Wildman–Crippen MR) is 103 cm³/mol. The quantitative estimate of drug-likeness (QED) is 0.812. The molecule has 1 amide bonds. The maximum absolute atomic E-state index is 12.3. The molecule has 0 radical (unpaired) electrons. The fraction of sp³-hybridized carbons (Fsp3) is 0.667. The Hall–Kier alpha value is -1.59. The zero-order chi connectivity index (χ0) is 18.2. The Morgan fingerprint density at radius 1 is 1.23 bits per heavy atom. The molecule has 1 N–H and O–H groups in total. The van der Waals surface area contributed by atoms with Gasteiger partial charge in [0.1, 0.15) is 5.75 Å². The molecule has 1 aromatic rings. The molecule has 0 atom stereocenters. The summed E-state index contributed by atoms with van der Waals surface area (Å²) in [6.07, 6.45) is 6.56. The lowest BCUT2D eigenvalue weighted by Crippen LogP contribution is -2.59. The molecule has 0 aromatic heterocycles. The monoisotopic (exact) mass is 360 g/mol. The number of amides is 1. The normalized spacial score (nSPS) is 20.5. The molecule has 26 heavy (non-hydrogen) atoms. The second-order valence-corrected chi connectivity index (χ2v) is 7.58.